The fourth-order valence-corrected chi connectivity index (χ4v) is 2.97. The summed E-state index contributed by atoms with van der Waals surface area (Å²) in [5.74, 6) is 2.55. The van der Waals surface area contributed by atoms with Gasteiger partial charge in [0.05, 0.1) is 7.11 Å². The van der Waals surface area contributed by atoms with Crippen molar-refractivity contribution >= 4 is 11.7 Å². The Balaban J connectivity index is 1.31. The number of carbonyl (C=O) groups excluding carboxylic acids is 1. The normalized spacial score (nSPS) is 11.6. The first-order valence-corrected chi connectivity index (χ1v) is 9.35. The van der Waals surface area contributed by atoms with Gasteiger partial charge >= 0.3 is 6.03 Å². The molecule has 0 radical (unpaired) electrons. The van der Waals surface area contributed by atoms with E-state index >= 15 is 0 Å². The summed E-state index contributed by atoms with van der Waals surface area (Å²) in [5.41, 5.74) is 2.37. The molecule has 2 amide bonds. The molecule has 8 nitrogen and oxygen atoms in total. The average Bonchev–Trinajstić information content (AvgIpc) is 3.24. The Kier molecular flexibility index (Phi) is 5.84. The molecule has 2 aromatic carbocycles. The van der Waals surface area contributed by atoms with Gasteiger partial charge in [-0.2, -0.15) is 0 Å². The second-order valence-corrected chi connectivity index (χ2v) is 6.48. The molecule has 4 rings (SSSR count). The van der Waals surface area contributed by atoms with Crippen molar-refractivity contribution in [1.82, 2.24) is 10.3 Å². The van der Waals surface area contributed by atoms with Gasteiger partial charge in [-0.15, -0.1) is 0 Å². The first kappa shape index (κ1) is 19.4. The van der Waals surface area contributed by atoms with E-state index in [1.54, 1.807) is 25.4 Å². The van der Waals surface area contributed by atoms with Crippen LogP contribution in [0.1, 0.15) is 11.1 Å². The second-order valence-electron chi connectivity index (χ2n) is 6.48. The van der Waals surface area contributed by atoms with Gasteiger partial charge in [-0.05, 0) is 35.9 Å². The molecule has 1 aliphatic heterocycles. The maximum absolute atomic E-state index is 12.2. The van der Waals surface area contributed by atoms with E-state index in [0.29, 0.717) is 42.0 Å². The van der Waals surface area contributed by atoms with E-state index in [2.05, 4.69) is 15.6 Å². The van der Waals surface area contributed by atoms with Crippen molar-refractivity contribution in [3.63, 3.8) is 0 Å². The Morgan fingerprint density at radius 1 is 1.10 bits per heavy atom. The van der Waals surface area contributed by atoms with Crippen LogP contribution in [-0.2, 0) is 13.2 Å². The molecule has 0 saturated carbocycles. The third kappa shape index (κ3) is 4.72. The minimum atomic E-state index is -0.324. The number of hydrogen-bond donors (Lipinski definition) is 2. The van der Waals surface area contributed by atoms with Crippen LogP contribution < -0.4 is 29.6 Å². The summed E-state index contributed by atoms with van der Waals surface area (Å²) in [6, 6.07) is 16.2. The van der Waals surface area contributed by atoms with Crippen molar-refractivity contribution in [2.75, 3.05) is 19.2 Å². The number of anilines is 1. The first-order chi connectivity index (χ1) is 14.7. The summed E-state index contributed by atoms with van der Waals surface area (Å²) >= 11 is 0. The number of ether oxygens (including phenoxy) is 4. The highest BCUT2D eigenvalue weighted by atomic mass is 16.7. The molecule has 154 valence electrons. The third-order valence-corrected chi connectivity index (χ3v) is 4.42. The van der Waals surface area contributed by atoms with E-state index in [-0.39, 0.29) is 12.8 Å². The fourth-order valence-electron chi connectivity index (χ4n) is 2.97. The van der Waals surface area contributed by atoms with Crippen LogP contribution >= 0.6 is 0 Å². The van der Waals surface area contributed by atoms with Crippen molar-refractivity contribution in [2.24, 2.45) is 0 Å². The molecule has 0 unspecified atom stereocenters. The predicted molar refractivity (Wildman–Crippen MR) is 110 cm³/mol. The number of nitrogens with zero attached hydrogens (tertiary/aromatic N) is 1. The van der Waals surface area contributed by atoms with Crippen molar-refractivity contribution in [2.45, 2.75) is 13.2 Å². The van der Waals surface area contributed by atoms with Crippen molar-refractivity contribution < 1.29 is 23.7 Å². The number of methoxy groups -OCH3 is 1. The van der Waals surface area contributed by atoms with Crippen LogP contribution in [0.2, 0.25) is 0 Å². The number of benzene rings is 2. The number of nitrogens with one attached hydrogen (secondary N) is 2. The zero-order chi connectivity index (χ0) is 20.8. The molecule has 0 saturated heterocycles. The molecule has 0 spiro atoms. The highest BCUT2D eigenvalue weighted by Gasteiger charge is 2.13. The summed E-state index contributed by atoms with van der Waals surface area (Å²) in [6.07, 6.45) is 1.64. The van der Waals surface area contributed by atoms with E-state index in [1.165, 1.54) is 0 Å². The zero-order valence-electron chi connectivity index (χ0n) is 16.4. The minimum Gasteiger partial charge on any atom is -0.489 e. The molecule has 3 aromatic rings. The number of carbonyl (C=O) groups is 1. The van der Waals surface area contributed by atoms with Crippen LogP contribution in [0.25, 0.3) is 0 Å². The Morgan fingerprint density at radius 2 is 2.00 bits per heavy atom. The highest BCUT2D eigenvalue weighted by molar-refractivity contribution is 5.89. The number of urea groups is 1. The van der Waals surface area contributed by atoms with Gasteiger partial charge in [0.25, 0.3) is 0 Å². The number of rotatable bonds is 7. The average molecular weight is 407 g/mol. The Morgan fingerprint density at radius 3 is 2.90 bits per heavy atom. The molecule has 30 heavy (non-hydrogen) atoms. The molecule has 0 aliphatic carbocycles. The van der Waals surface area contributed by atoms with E-state index in [9.17, 15) is 4.79 Å². The number of fused-ring (bicyclic) bond motifs is 1. The monoisotopic (exact) mass is 407 g/mol. The lowest BCUT2D eigenvalue weighted by Gasteiger charge is -2.11. The van der Waals surface area contributed by atoms with Gasteiger partial charge in [-0.3, -0.25) is 0 Å². The zero-order valence-corrected chi connectivity index (χ0v) is 16.4. The molecule has 2 heterocycles. The molecular formula is C22H21N3O5. The SMILES string of the molecule is COc1ncccc1CNC(=O)Nc1cccc(COc2ccc3c(c2)OCO3)c1. The lowest BCUT2D eigenvalue weighted by molar-refractivity contribution is 0.173. The van der Waals surface area contributed by atoms with E-state index in [4.69, 9.17) is 18.9 Å². The molecule has 0 bridgehead atoms. The quantitative estimate of drug-likeness (QED) is 0.620. The maximum Gasteiger partial charge on any atom is 0.319 e. The second kappa shape index (κ2) is 9.04. The van der Waals surface area contributed by atoms with Gasteiger partial charge in [0.2, 0.25) is 12.7 Å². The topological polar surface area (TPSA) is 90.9 Å². The Labute approximate surface area is 173 Å². The van der Waals surface area contributed by atoms with E-state index < -0.39 is 0 Å². The summed E-state index contributed by atoms with van der Waals surface area (Å²) in [5, 5.41) is 5.62. The summed E-state index contributed by atoms with van der Waals surface area (Å²) in [4.78, 5) is 16.4. The van der Waals surface area contributed by atoms with Gasteiger partial charge in [0.1, 0.15) is 12.4 Å². The van der Waals surface area contributed by atoms with Gasteiger partial charge in [-0.1, -0.05) is 18.2 Å². The van der Waals surface area contributed by atoms with Crippen LogP contribution in [0, 0.1) is 0 Å². The molecule has 2 N–H and O–H groups in total. The van der Waals surface area contributed by atoms with Gasteiger partial charge in [-0.25, -0.2) is 9.78 Å². The molecule has 0 fully saturated rings. The Hall–Kier alpha value is -3.94. The van der Waals surface area contributed by atoms with Crippen molar-refractivity contribution in [1.29, 1.82) is 0 Å². The van der Waals surface area contributed by atoms with Crippen molar-refractivity contribution in [3.05, 3.63) is 71.9 Å². The first-order valence-electron chi connectivity index (χ1n) is 9.35. The third-order valence-electron chi connectivity index (χ3n) is 4.42. The van der Waals surface area contributed by atoms with Crippen molar-refractivity contribution in [3.8, 4) is 23.1 Å². The van der Waals surface area contributed by atoms with Gasteiger partial charge < -0.3 is 29.6 Å². The number of pyridine rings is 1. The minimum absolute atomic E-state index is 0.224. The van der Waals surface area contributed by atoms with Gasteiger partial charge in [0, 0.05) is 30.1 Å². The lowest BCUT2D eigenvalue weighted by atomic mass is 10.2. The van der Waals surface area contributed by atoms with Crippen LogP contribution in [0.3, 0.4) is 0 Å². The summed E-state index contributed by atoms with van der Waals surface area (Å²) in [6.45, 7) is 0.877. The largest absolute Gasteiger partial charge is 0.489 e. The summed E-state index contributed by atoms with van der Waals surface area (Å²) < 4.78 is 21.7. The van der Waals surface area contributed by atoms with E-state index in [0.717, 1.165) is 11.1 Å². The maximum atomic E-state index is 12.2. The number of aromatic nitrogens is 1. The standard InChI is InChI=1S/C22H21N3O5/c1-27-21-16(5-3-9-23-21)12-24-22(26)25-17-6-2-4-15(10-17)13-28-18-7-8-19-20(11-18)30-14-29-19/h2-11H,12-14H2,1H3,(H2,24,25,26). The Bertz CT molecular complexity index is 1040. The predicted octanol–water partition coefficient (Wildman–Crippen LogP) is 3.72. The number of hydrogen-bond acceptors (Lipinski definition) is 6. The summed E-state index contributed by atoms with van der Waals surface area (Å²) in [7, 11) is 1.54. The number of amides is 2. The molecule has 8 heteroatoms. The fraction of sp³-hybridized carbons (Fsp3) is 0.182. The lowest BCUT2D eigenvalue weighted by Crippen LogP contribution is -2.28. The molecule has 1 aromatic heterocycles. The molecule has 0 atom stereocenters. The highest BCUT2D eigenvalue weighted by Crippen LogP contribution is 2.35. The van der Waals surface area contributed by atoms with Crippen LogP contribution in [0.4, 0.5) is 10.5 Å². The van der Waals surface area contributed by atoms with E-state index in [1.807, 2.05) is 42.5 Å². The molecule has 1 aliphatic rings. The molecular weight excluding hydrogens is 386 g/mol. The van der Waals surface area contributed by atoms with Gasteiger partial charge in [0.15, 0.2) is 11.5 Å². The van der Waals surface area contributed by atoms with Crippen LogP contribution in [0.5, 0.6) is 23.1 Å². The van der Waals surface area contributed by atoms with Crippen LogP contribution in [0.15, 0.2) is 60.8 Å². The van der Waals surface area contributed by atoms with Crippen LogP contribution in [-0.4, -0.2) is 24.9 Å². The smallest absolute Gasteiger partial charge is 0.319 e.